The van der Waals surface area contributed by atoms with Crippen molar-refractivity contribution >= 4 is 34.3 Å². The number of nitrogens with one attached hydrogen (secondary N) is 4. The molecular weight excluding hydrogens is 670 g/mol. The number of carbonyl (C=O) groups is 2. The molecule has 276 valence electrons. The molecule has 1 saturated heterocycles. The summed E-state index contributed by atoms with van der Waals surface area (Å²) in [5.41, 5.74) is 5.83. The Morgan fingerprint density at radius 1 is 0.906 bits per heavy atom. The van der Waals surface area contributed by atoms with E-state index in [1.807, 2.05) is 72.8 Å². The number of piperidine rings is 1. The molecule has 0 bridgehead atoms. The molecule has 1 atom stereocenters. The predicted octanol–water partition coefficient (Wildman–Crippen LogP) is 6.47. The zero-order valence-electron chi connectivity index (χ0n) is 30.2. The summed E-state index contributed by atoms with van der Waals surface area (Å²) in [6, 6.07) is 29.5. The molecule has 0 unspecified atom stereocenters. The van der Waals surface area contributed by atoms with E-state index in [2.05, 4.69) is 35.0 Å². The molecule has 1 aliphatic rings. The Balaban J connectivity index is 0.976. The van der Waals surface area contributed by atoms with Crippen LogP contribution in [0.25, 0.3) is 22.0 Å². The number of quaternary nitrogens is 1. The van der Waals surface area contributed by atoms with Gasteiger partial charge in [-0.2, -0.15) is 0 Å². The number of H-pyrrole nitrogens is 1. The minimum absolute atomic E-state index is 0.0529. The molecule has 2 heterocycles. The van der Waals surface area contributed by atoms with Gasteiger partial charge in [-0.1, -0.05) is 60.7 Å². The van der Waals surface area contributed by atoms with Crippen molar-refractivity contribution in [3.8, 4) is 16.9 Å². The van der Waals surface area contributed by atoms with Crippen molar-refractivity contribution in [3.05, 3.63) is 124 Å². The van der Waals surface area contributed by atoms with Gasteiger partial charge in [0.25, 0.3) is 0 Å². The molecule has 1 aliphatic heterocycles. The summed E-state index contributed by atoms with van der Waals surface area (Å²) in [6.07, 6.45) is 1.91. The van der Waals surface area contributed by atoms with Crippen molar-refractivity contribution < 1.29 is 29.0 Å². The molecule has 1 aromatic heterocycles. The van der Waals surface area contributed by atoms with Crippen LogP contribution in [0.15, 0.2) is 102 Å². The number of ether oxygens (including phenoxy) is 1. The number of aromatic nitrogens is 1. The number of hydrogen-bond donors (Lipinski definition) is 6. The fraction of sp³-hybridized carbons (Fsp3) is 0.310. The van der Waals surface area contributed by atoms with Gasteiger partial charge in [-0.05, 0) is 65.4 Å². The molecule has 0 radical (unpaired) electrons. The lowest BCUT2D eigenvalue weighted by atomic mass is 9.99. The number of benzene rings is 4. The lowest BCUT2D eigenvalue weighted by molar-refractivity contribution is -0.896. The maximum Gasteiger partial charge on any atom is 0.411 e. The first kappa shape index (κ1) is 37.3. The van der Waals surface area contributed by atoms with Crippen LogP contribution in [0.4, 0.5) is 16.2 Å². The van der Waals surface area contributed by atoms with E-state index in [1.54, 1.807) is 12.1 Å². The molecule has 6 N–H and O–H groups in total. The Labute approximate surface area is 309 Å². The van der Waals surface area contributed by atoms with E-state index in [-0.39, 0.29) is 29.9 Å². The van der Waals surface area contributed by atoms with Crippen LogP contribution in [0, 0.1) is 0 Å². The molecular formula is C42H48N5O6+. The van der Waals surface area contributed by atoms with Crippen molar-refractivity contribution in [1.29, 1.82) is 0 Å². The van der Waals surface area contributed by atoms with E-state index >= 15 is 0 Å². The number of rotatable bonds is 13. The first-order valence-corrected chi connectivity index (χ1v) is 18.1. The molecule has 11 nitrogen and oxygen atoms in total. The monoisotopic (exact) mass is 718 g/mol. The number of aliphatic hydroxyl groups excluding tert-OH is 1. The zero-order valence-corrected chi connectivity index (χ0v) is 30.2. The van der Waals surface area contributed by atoms with E-state index in [4.69, 9.17) is 4.74 Å². The molecule has 0 aliphatic carbocycles. The van der Waals surface area contributed by atoms with Gasteiger partial charge in [0.2, 0.25) is 11.5 Å². The fourth-order valence-electron chi connectivity index (χ4n) is 6.77. The maximum atomic E-state index is 13.0. The number of aryl methyl sites for hydroxylation is 1. The summed E-state index contributed by atoms with van der Waals surface area (Å²) in [5.74, 6) is -0.138. The van der Waals surface area contributed by atoms with Crippen molar-refractivity contribution in [1.82, 2.24) is 10.3 Å². The topological polar surface area (TPSA) is 153 Å². The van der Waals surface area contributed by atoms with Gasteiger partial charge in [0, 0.05) is 55.1 Å². The van der Waals surface area contributed by atoms with Crippen LogP contribution in [0.2, 0.25) is 0 Å². The Kier molecular flexibility index (Phi) is 11.9. The summed E-state index contributed by atoms with van der Waals surface area (Å²) >= 11 is 0. The van der Waals surface area contributed by atoms with E-state index in [1.165, 1.54) is 12.1 Å². The highest BCUT2D eigenvalue weighted by Crippen LogP contribution is 2.31. The number of fused-ring (bicyclic) bond motifs is 1. The van der Waals surface area contributed by atoms with Gasteiger partial charge >= 0.3 is 6.09 Å². The summed E-state index contributed by atoms with van der Waals surface area (Å²) in [6.45, 7) is 2.69. The van der Waals surface area contributed by atoms with Gasteiger partial charge in [-0.15, -0.1) is 0 Å². The third kappa shape index (κ3) is 10.1. The highest BCUT2D eigenvalue weighted by atomic mass is 16.6. The number of phenols is 1. The number of aromatic amines is 1. The lowest BCUT2D eigenvalue weighted by Gasteiger charge is -2.36. The molecule has 5 aromatic rings. The number of amides is 2. The molecule has 11 heteroatoms. The molecule has 53 heavy (non-hydrogen) atoms. The van der Waals surface area contributed by atoms with E-state index in [0.29, 0.717) is 53.6 Å². The number of aromatic hydroxyl groups is 1. The van der Waals surface area contributed by atoms with Crippen LogP contribution in [0.1, 0.15) is 48.5 Å². The number of pyridine rings is 1. The Morgan fingerprint density at radius 2 is 1.64 bits per heavy atom. The van der Waals surface area contributed by atoms with E-state index in [9.17, 15) is 24.6 Å². The number of carbonyl (C=O) groups excluding carboxylic acids is 2. The third-order valence-corrected chi connectivity index (χ3v) is 9.83. The summed E-state index contributed by atoms with van der Waals surface area (Å²) in [5, 5.41) is 30.7. The van der Waals surface area contributed by atoms with E-state index < -0.39 is 12.2 Å². The number of anilines is 2. The highest BCUT2D eigenvalue weighted by Gasteiger charge is 2.28. The Hall–Kier alpha value is -5.49. The molecule has 0 spiro atoms. The van der Waals surface area contributed by atoms with Crippen LogP contribution in [-0.4, -0.2) is 71.5 Å². The van der Waals surface area contributed by atoms with Crippen LogP contribution >= 0.6 is 0 Å². The van der Waals surface area contributed by atoms with Crippen LogP contribution < -0.4 is 21.5 Å². The van der Waals surface area contributed by atoms with Crippen LogP contribution in [0.5, 0.6) is 5.75 Å². The summed E-state index contributed by atoms with van der Waals surface area (Å²) in [4.78, 5) is 40.1. The average Bonchev–Trinajstić information content (AvgIpc) is 3.14. The smallest absolute Gasteiger partial charge is 0.411 e. The third-order valence-electron chi connectivity index (χ3n) is 9.83. The van der Waals surface area contributed by atoms with Gasteiger partial charge in [0.15, 0.2) is 0 Å². The summed E-state index contributed by atoms with van der Waals surface area (Å²) < 4.78 is 6.75. The standard InChI is InChI=1S/C42H47N5O6/c1-47(2)23-21-32(22-24-47)53-42(52)45-36-25-28(13-16-33(36)30-8-4-3-5-9-30)7-6-10-39(50)44-31-14-11-29(12-15-31)26-43-27-38(49)34-17-19-37(48)41-35(34)18-20-40(51)46-41/h3-5,8-9,11-20,25,32,38,43,49H,6-7,10,21-24,26-27H2,1-2H3,(H3-,44,45,46,48,50,51,52)/p+1/t38-/m1/s1. The fourth-order valence-corrected chi connectivity index (χ4v) is 6.77. The van der Waals surface area contributed by atoms with Crippen molar-refractivity contribution in [2.24, 2.45) is 0 Å². The molecule has 0 saturated carbocycles. The van der Waals surface area contributed by atoms with Crippen LogP contribution in [0.3, 0.4) is 0 Å². The Morgan fingerprint density at radius 3 is 2.40 bits per heavy atom. The Bertz CT molecular complexity index is 2090. The van der Waals surface area contributed by atoms with Gasteiger partial charge in [-0.3, -0.25) is 14.9 Å². The van der Waals surface area contributed by atoms with Crippen molar-refractivity contribution in [3.63, 3.8) is 0 Å². The highest BCUT2D eigenvalue weighted by molar-refractivity contribution is 5.92. The summed E-state index contributed by atoms with van der Waals surface area (Å²) in [7, 11) is 4.39. The van der Waals surface area contributed by atoms with Crippen molar-refractivity contribution in [2.45, 2.75) is 50.9 Å². The van der Waals surface area contributed by atoms with Gasteiger partial charge in [0.05, 0.1) is 44.5 Å². The predicted molar refractivity (Wildman–Crippen MR) is 208 cm³/mol. The van der Waals surface area contributed by atoms with Crippen LogP contribution in [-0.2, 0) is 22.5 Å². The van der Waals surface area contributed by atoms with E-state index in [0.717, 1.165) is 52.7 Å². The molecule has 6 rings (SSSR count). The van der Waals surface area contributed by atoms with Crippen molar-refractivity contribution in [2.75, 3.05) is 44.4 Å². The number of hydrogen-bond acceptors (Lipinski definition) is 7. The number of phenolic OH excluding ortho intramolecular Hbond substituents is 1. The first-order valence-electron chi connectivity index (χ1n) is 18.1. The molecule has 2 amide bonds. The minimum Gasteiger partial charge on any atom is -0.506 e. The normalized spacial score (nSPS) is 14.8. The molecule has 4 aromatic carbocycles. The lowest BCUT2D eigenvalue weighted by Crippen LogP contribution is -2.48. The first-order chi connectivity index (χ1) is 25.5. The second-order valence-corrected chi connectivity index (χ2v) is 14.4. The number of nitrogens with zero attached hydrogens (tertiary/aromatic N) is 1. The maximum absolute atomic E-state index is 13.0. The second kappa shape index (κ2) is 16.9. The second-order valence-electron chi connectivity index (χ2n) is 14.4. The van der Waals surface area contributed by atoms with Gasteiger partial charge in [-0.25, -0.2) is 4.79 Å². The largest absolute Gasteiger partial charge is 0.506 e. The SMILES string of the molecule is C[N+]1(C)CCC(OC(=O)Nc2cc(CCCC(=O)Nc3ccc(CNC[C@@H](O)c4ccc(O)c5[nH]c(=O)ccc45)cc3)ccc2-c2ccccc2)CC1. The number of aliphatic hydroxyl groups is 1. The molecule has 1 fully saturated rings. The van der Waals surface area contributed by atoms with Gasteiger partial charge in [0.1, 0.15) is 11.9 Å². The zero-order chi connectivity index (χ0) is 37.4. The van der Waals surface area contributed by atoms with Gasteiger partial charge < -0.3 is 35.1 Å². The quantitative estimate of drug-likeness (QED) is 0.0764. The average molecular weight is 719 g/mol. The number of likely N-dealkylation sites (tertiary alicyclic amines) is 1. The minimum atomic E-state index is -0.859.